The van der Waals surface area contributed by atoms with E-state index in [-0.39, 0.29) is 5.60 Å². The maximum atomic E-state index is 6.50. The van der Waals surface area contributed by atoms with Gasteiger partial charge in [-0.25, -0.2) is 0 Å². The third-order valence-electron chi connectivity index (χ3n) is 4.92. The molecule has 1 saturated heterocycles. The van der Waals surface area contributed by atoms with E-state index in [9.17, 15) is 0 Å². The Labute approximate surface area is 132 Å². The molecule has 2 aliphatic rings. The van der Waals surface area contributed by atoms with Gasteiger partial charge < -0.3 is 15.0 Å². The van der Waals surface area contributed by atoms with Gasteiger partial charge in [-0.05, 0) is 51.1 Å². The van der Waals surface area contributed by atoms with Crippen molar-refractivity contribution in [2.24, 2.45) is 0 Å². The molecule has 0 aliphatic carbocycles. The number of halogens is 1. The highest BCUT2D eigenvalue weighted by Crippen LogP contribution is 2.45. The molecule has 2 heterocycles. The summed E-state index contributed by atoms with van der Waals surface area (Å²) < 4.78 is 6.50. The summed E-state index contributed by atoms with van der Waals surface area (Å²) in [6.45, 7) is 7.39. The van der Waals surface area contributed by atoms with E-state index in [1.54, 1.807) is 0 Å². The third kappa shape index (κ3) is 2.92. The molecule has 0 bridgehead atoms. The zero-order chi connectivity index (χ0) is 15.0. The number of piperidine rings is 1. The van der Waals surface area contributed by atoms with Crippen LogP contribution in [0.3, 0.4) is 0 Å². The van der Waals surface area contributed by atoms with Crippen LogP contribution in [0.15, 0.2) is 12.1 Å². The zero-order valence-corrected chi connectivity index (χ0v) is 14.0. The fourth-order valence-corrected chi connectivity index (χ4v) is 3.72. The molecular weight excluding hydrogens is 284 g/mol. The van der Waals surface area contributed by atoms with Crippen LogP contribution in [-0.2, 0) is 0 Å². The van der Waals surface area contributed by atoms with Gasteiger partial charge in [-0.1, -0.05) is 18.5 Å². The van der Waals surface area contributed by atoms with Gasteiger partial charge >= 0.3 is 0 Å². The highest BCUT2D eigenvalue weighted by molar-refractivity contribution is 6.31. The molecule has 0 radical (unpaired) electrons. The van der Waals surface area contributed by atoms with Crippen molar-refractivity contribution in [3.63, 3.8) is 0 Å². The Bertz CT molecular complexity index is 524. The van der Waals surface area contributed by atoms with Gasteiger partial charge in [0, 0.05) is 36.1 Å². The summed E-state index contributed by atoms with van der Waals surface area (Å²) in [4.78, 5) is 2.39. The number of hydrogen-bond donors (Lipinski definition) is 1. The highest BCUT2D eigenvalue weighted by atomic mass is 35.5. The second-order valence-corrected chi connectivity index (χ2v) is 6.95. The first-order chi connectivity index (χ1) is 10.0. The van der Waals surface area contributed by atoms with Gasteiger partial charge in [-0.2, -0.15) is 0 Å². The van der Waals surface area contributed by atoms with Crippen molar-refractivity contribution in [2.45, 2.75) is 44.8 Å². The van der Waals surface area contributed by atoms with Crippen LogP contribution in [0.25, 0.3) is 0 Å². The van der Waals surface area contributed by atoms with Crippen molar-refractivity contribution in [2.75, 3.05) is 26.7 Å². The fraction of sp³-hybridized carbons (Fsp3) is 0.647. The smallest absolute Gasteiger partial charge is 0.125 e. The van der Waals surface area contributed by atoms with Crippen molar-refractivity contribution >= 4 is 11.6 Å². The lowest BCUT2D eigenvalue weighted by molar-refractivity contribution is -0.0201. The van der Waals surface area contributed by atoms with Gasteiger partial charge in [-0.3, -0.25) is 0 Å². The molecule has 1 unspecified atom stereocenters. The van der Waals surface area contributed by atoms with E-state index in [4.69, 9.17) is 16.3 Å². The summed E-state index contributed by atoms with van der Waals surface area (Å²) in [6.07, 6.45) is 3.25. The van der Waals surface area contributed by atoms with Crippen LogP contribution in [0.2, 0.25) is 5.02 Å². The molecule has 1 fully saturated rings. The SMILES string of the molecule is CCNC1CC2(CCN(C)CC2)Oc2cc(C)c(Cl)cc21. The van der Waals surface area contributed by atoms with Crippen molar-refractivity contribution in [1.29, 1.82) is 0 Å². The van der Waals surface area contributed by atoms with E-state index in [2.05, 4.69) is 36.3 Å². The lowest BCUT2D eigenvalue weighted by atomic mass is 9.80. The summed E-state index contributed by atoms with van der Waals surface area (Å²) in [5.41, 5.74) is 2.31. The number of ether oxygens (including phenoxy) is 1. The quantitative estimate of drug-likeness (QED) is 0.904. The molecule has 116 valence electrons. The Balaban J connectivity index is 1.95. The van der Waals surface area contributed by atoms with Gasteiger partial charge in [0.15, 0.2) is 0 Å². The topological polar surface area (TPSA) is 24.5 Å². The van der Waals surface area contributed by atoms with Crippen LogP contribution >= 0.6 is 11.6 Å². The van der Waals surface area contributed by atoms with Crippen LogP contribution in [0.4, 0.5) is 0 Å². The molecule has 0 aromatic heterocycles. The Morgan fingerprint density at radius 3 is 2.76 bits per heavy atom. The lowest BCUT2D eigenvalue weighted by Crippen LogP contribution is -2.51. The number of rotatable bonds is 2. The molecule has 2 aliphatic heterocycles. The summed E-state index contributed by atoms with van der Waals surface area (Å²) >= 11 is 6.32. The lowest BCUT2D eigenvalue weighted by Gasteiger charge is -2.46. The Morgan fingerprint density at radius 1 is 1.38 bits per heavy atom. The highest BCUT2D eigenvalue weighted by Gasteiger charge is 2.42. The maximum absolute atomic E-state index is 6.50. The average Bonchev–Trinajstić information content (AvgIpc) is 2.45. The van der Waals surface area contributed by atoms with Crippen molar-refractivity contribution < 1.29 is 4.74 Å². The van der Waals surface area contributed by atoms with E-state index in [1.165, 1.54) is 5.56 Å². The minimum Gasteiger partial charge on any atom is -0.487 e. The van der Waals surface area contributed by atoms with E-state index >= 15 is 0 Å². The monoisotopic (exact) mass is 308 g/mol. The van der Waals surface area contributed by atoms with Gasteiger partial charge in [0.05, 0.1) is 0 Å². The van der Waals surface area contributed by atoms with E-state index < -0.39 is 0 Å². The zero-order valence-electron chi connectivity index (χ0n) is 13.2. The normalized spacial score (nSPS) is 24.7. The predicted octanol–water partition coefficient (Wildman–Crippen LogP) is 3.55. The minimum atomic E-state index is -0.00733. The summed E-state index contributed by atoms with van der Waals surface area (Å²) in [7, 11) is 2.19. The first kappa shape index (κ1) is 15.1. The first-order valence-electron chi connectivity index (χ1n) is 7.94. The third-order valence-corrected chi connectivity index (χ3v) is 5.33. The van der Waals surface area contributed by atoms with Crippen molar-refractivity contribution in [3.8, 4) is 5.75 Å². The fourth-order valence-electron chi connectivity index (χ4n) is 3.55. The molecule has 1 aromatic rings. The number of nitrogens with zero attached hydrogens (tertiary/aromatic N) is 1. The van der Waals surface area contributed by atoms with E-state index in [0.717, 1.165) is 55.2 Å². The maximum Gasteiger partial charge on any atom is 0.125 e. The number of aryl methyl sites for hydroxylation is 1. The second kappa shape index (κ2) is 5.79. The standard InChI is InChI=1S/C17H25ClN2O/c1-4-19-15-11-17(5-7-20(3)8-6-17)21-16-9-12(2)14(18)10-13(15)16/h9-10,15,19H,4-8,11H2,1-3H3. The summed E-state index contributed by atoms with van der Waals surface area (Å²) in [5.74, 6) is 1.03. The van der Waals surface area contributed by atoms with Crippen molar-refractivity contribution in [3.05, 3.63) is 28.3 Å². The Hall–Kier alpha value is -0.770. The molecule has 1 spiro atoms. The number of fused-ring (bicyclic) bond motifs is 1. The molecule has 3 nitrogen and oxygen atoms in total. The molecule has 1 aromatic carbocycles. The molecule has 21 heavy (non-hydrogen) atoms. The largest absolute Gasteiger partial charge is 0.487 e. The van der Waals surface area contributed by atoms with E-state index in [1.807, 2.05) is 6.92 Å². The van der Waals surface area contributed by atoms with Crippen LogP contribution in [0, 0.1) is 6.92 Å². The van der Waals surface area contributed by atoms with Crippen molar-refractivity contribution in [1.82, 2.24) is 10.2 Å². The first-order valence-corrected chi connectivity index (χ1v) is 8.32. The molecule has 1 atom stereocenters. The van der Waals surface area contributed by atoms with E-state index in [0.29, 0.717) is 6.04 Å². The Morgan fingerprint density at radius 2 is 2.10 bits per heavy atom. The average molecular weight is 309 g/mol. The van der Waals surface area contributed by atoms with Crippen LogP contribution < -0.4 is 10.1 Å². The van der Waals surface area contributed by atoms with Gasteiger partial charge in [0.1, 0.15) is 11.4 Å². The molecule has 3 rings (SSSR count). The number of likely N-dealkylation sites (tertiary alicyclic amines) is 1. The van der Waals surface area contributed by atoms with Crippen LogP contribution in [0.5, 0.6) is 5.75 Å². The van der Waals surface area contributed by atoms with Gasteiger partial charge in [-0.15, -0.1) is 0 Å². The predicted molar refractivity (Wildman–Crippen MR) is 87.3 cm³/mol. The van der Waals surface area contributed by atoms with Gasteiger partial charge in [0.25, 0.3) is 0 Å². The molecule has 4 heteroatoms. The summed E-state index contributed by atoms with van der Waals surface area (Å²) in [5, 5.41) is 4.45. The summed E-state index contributed by atoms with van der Waals surface area (Å²) in [6, 6.07) is 4.54. The van der Waals surface area contributed by atoms with Crippen LogP contribution in [0.1, 0.15) is 43.4 Å². The second-order valence-electron chi connectivity index (χ2n) is 6.54. The molecule has 0 saturated carbocycles. The van der Waals surface area contributed by atoms with Crippen LogP contribution in [-0.4, -0.2) is 37.2 Å². The minimum absolute atomic E-state index is 0.00733. The Kier molecular flexibility index (Phi) is 4.17. The number of benzene rings is 1. The molecule has 0 amide bonds. The molecular formula is C17H25ClN2O. The number of nitrogens with one attached hydrogen (secondary N) is 1. The van der Waals surface area contributed by atoms with Gasteiger partial charge in [0.2, 0.25) is 0 Å². The number of hydrogen-bond acceptors (Lipinski definition) is 3. The molecule has 1 N–H and O–H groups in total.